The summed E-state index contributed by atoms with van der Waals surface area (Å²) >= 11 is 0. The van der Waals surface area contributed by atoms with Crippen LogP contribution < -0.4 is 10.5 Å². The van der Waals surface area contributed by atoms with Gasteiger partial charge in [0.1, 0.15) is 11.3 Å². The Hall–Kier alpha value is -3.09. The Bertz CT molecular complexity index is 864. The highest BCUT2D eigenvalue weighted by Gasteiger charge is 2.26. The number of para-hydroxylation sites is 1. The number of anilines is 1. The van der Waals surface area contributed by atoms with E-state index in [1.165, 1.54) is 4.90 Å². The lowest BCUT2D eigenvalue weighted by Crippen LogP contribution is -2.31. The molecule has 0 bridgehead atoms. The van der Waals surface area contributed by atoms with Crippen molar-refractivity contribution in [3.05, 3.63) is 52.0 Å². The molecule has 2 N–H and O–H groups in total. The molecular weight excluding hydrogens is 314 g/mol. The van der Waals surface area contributed by atoms with Crippen LogP contribution in [0, 0.1) is 0 Å². The SMILES string of the molecule is CCC(=C(C(=O)O)C(=O)O)N(CC)c1cc2ccccc2oc1=O. The van der Waals surface area contributed by atoms with E-state index in [4.69, 9.17) is 4.42 Å². The topological polar surface area (TPSA) is 108 Å². The van der Waals surface area contributed by atoms with Crippen LogP contribution in [0.2, 0.25) is 0 Å². The first-order valence-corrected chi connectivity index (χ1v) is 7.40. The molecule has 0 radical (unpaired) electrons. The predicted octanol–water partition coefficient (Wildman–Crippen LogP) is 2.45. The molecule has 0 aliphatic rings. The molecule has 0 aliphatic carbocycles. The van der Waals surface area contributed by atoms with Gasteiger partial charge in [0.25, 0.3) is 0 Å². The van der Waals surface area contributed by atoms with Crippen molar-refractivity contribution in [2.24, 2.45) is 0 Å². The highest BCUT2D eigenvalue weighted by Crippen LogP contribution is 2.24. The van der Waals surface area contributed by atoms with Crippen molar-refractivity contribution in [2.45, 2.75) is 20.3 Å². The molecule has 0 atom stereocenters. The summed E-state index contributed by atoms with van der Waals surface area (Å²) in [6.07, 6.45) is 0.133. The summed E-state index contributed by atoms with van der Waals surface area (Å²) in [5.41, 5.74) is -0.863. The molecule has 1 aromatic heterocycles. The Balaban J connectivity index is 2.72. The minimum Gasteiger partial charge on any atom is -0.477 e. The van der Waals surface area contributed by atoms with E-state index in [1.54, 1.807) is 44.2 Å². The van der Waals surface area contributed by atoms with Gasteiger partial charge in [0.15, 0.2) is 5.57 Å². The number of carboxylic acids is 2. The number of hydrogen-bond acceptors (Lipinski definition) is 5. The van der Waals surface area contributed by atoms with Gasteiger partial charge >= 0.3 is 17.6 Å². The van der Waals surface area contributed by atoms with Crippen molar-refractivity contribution in [1.29, 1.82) is 0 Å². The van der Waals surface area contributed by atoms with Crippen LogP contribution in [0.1, 0.15) is 20.3 Å². The van der Waals surface area contributed by atoms with E-state index in [0.717, 1.165) is 0 Å². The predicted molar refractivity (Wildman–Crippen MR) is 88.1 cm³/mol. The fraction of sp³-hybridized carbons (Fsp3) is 0.235. The molecular formula is C17H17NO6. The Morgan fingerprint density at radius 3 is 2.29 bits per heavy atom. The third kappa shape index (κ3) is 3.15. The number of allylic oxidation sites excluding steroid dienone is 1. The fourth-order valence-electron chi connectivity index (χ4n) is 2.59. The van der Waals surface area contributed by atoms with Crippen molar-refractivity contribution in [1.82, 2.24) is 0 Å². The highest BCUT2D eigenvalue weighted by atomic mass is 16.4. The van der Waals surface area contributed by atoms with E-state index in [-0.39, 0.29) is 24.4 Å². The second-order valence-corrected chi connectivity index (χ2v) is 4.99. The third-order valence-corrected chi connectivity index (χ3v) is 3.61. The van der Waals surface area contributed by atoms with Crippen LogP contribution in [0.3, 0.4) is 0 Å². The quantitative estimate of drug-likeness (QED) is 0.362. The number of benzene rings is 1. The Kier molecular flexibility index (Phi) is 5.03. The number of carboxylic acid groups (broad SMARTS) is 2. The van der Waals surface area contributed by atoms with Crippen LogP contribution in [0.25, 0.3) is 11.0 Å². The van der Waals surface area contributed by atoms with Crippen molar-refractivity contribution >= 4 is 28.6 Å². The summed E-state index contributed by atoms with van der Waals surface area (Å²) in [5.74, 6) is -3.11. The van der Waals surface area contributed by atoms with Gasteiger partial charge in [-0.3, -0.25) is 0 Å². The molecule has 0 spiro atoms. The maximum atomic E-state index is 12.3. The lowest BCUT2D eigenvalue weighted by molar-refractivity contribution is -0.140. The second-order valence-electron chi connectivity index (χ2n) is 4.99. The number of nitrogens with zero attached hydrogens (tertiary/aromatic N) is 1. The lowest BCUT2D eigenvalue weighted by Gasteiger charge is -2.25. The highest BCUT2D eigenvalue weighted by molar-refractivity contribution is 6.13. The molecule has 24 heavy (non-hydrogen) atoms. The molecule has 1 aromatic carbocycles. The van der Waals surface area contributed by atoms with Gasteiger partial charge in [0, 0.05) is 17.6 Å². The summed E-state index contributed by atoms with van der Waals surface area (Å²) in [6, 6.07) is 8.47. The van der Waals surface area contributed by atoms with E-state index in [9.17, 15) is 24.6 Å². The van der Waals surface area contributed by atoms with E-state index >= 15 is 0 Å². The second kappa shape index (κ2) is 6.99. The lowest BCUT2D eigenvalue weighted by atomic mass is 10.1. The zero-order valence-electron chi connectivity index (χ0n) is 13.3. The van der Waals surface area contributed by atoms with Crippen LogP contribution in [0.4, 0.5) is 5.69 Å². The molecule has 1 heterocycles. The van der Waals surface area contributed by atoms with Crippen molar-refractivity contribution in [3.8, 4) is 0 Å². The number of aliphatic carboxylic acids is 2. The van der Waals surface area contributed by atoms with Gasteiger partial charge in [-0.1, -0.05) is 25.1 Å². The van der Waals surface area contributed by atoms with Crippen LogP contribution in [0.15, 0.2) is 50.8 Å². The van der Waals surface area contributed by atoms with E-state index in [1.807, 2.05) is 0 Å². The summed E-state index contributed by atoms with van der Waals surface area (Å²) in [5, 5.41) is 19.1. The first-order valence-electron chi connectivity index (χ1n) is 7.40. The molecule has 2 aromatic rings. The van der Waals surface area contributed by atoms with Gasteiger partial charge in [-0.05, 0) is 25.5 Å². The standard InChI is InChI=1S/C17H17NO6/c1-3-11(14(15(19)20)16(21)22)18(4-2)12-9-10-7-5-6-8-13(10)24-17(12)23/h5-9H,3-4H2,1-2H3,(H,19,20)(H,21,22). The molecule has 0 fully saturated rings. The minimum atomic E-state index is -1.55. The van der Waals surface area contributed by atoms with Crippen molar-refractivity contribution in [3.63, 3.8) is 0 Å². The fourth-order valence-corrected chi connectivity index (χ4v) is 2.59. The van der Waals surface area contributed by atoms with Gasteiger partial charge in [-0.2, -0.15) is 0 Å². The summed E-state index contributed by atoms with van der Waals surface area (Å²) in [6.45, 7) is 3.55. The molecule has 7 nitrogen and oxygen atoms in total. The molecule has 2 rings (SSSR count). The summed E-state index contributed by atoms with van der Waals surface area (Å²) in [4.78, 5) is 36.3. The van der Waals surface area contributed by atoms with E-state index in [2.05, 4.69) is 0 Å². The molecule has 0 unspecified atom stereocenters. The number of fused-ring (bicyclic) bond motifs is 1. The summed E-state index contributed by atoms with van der Waals surface area (Å²) in [7, 11) is 0. The third-order valence-electron chi connectivity index (χ3n) is 3.61. The van der Waals surface area contributed by atoms with Gasteiger partial charge in [-0.15, -0.1) is 0 Å². The smallest absolute Gasteiger partial charge is 0.360 e. The van der Waals surface area contributed by atoms with Crippen LogP contribution >= 0.6 is 0 Å². The number of rotatable bonds is 6. The van der Waals surface area contributed by atoms with Crippen LogP contribution in [-0.2, 0) is 9.59 Å². The van der Waals surface area contributed by atoms with Crippen LogP contribution in [-0.4, -0.2) is 28.7 Å². The minimum absolute atomic E-state index is 0.0417. The van der Waals surface area contributed by atoms with Gasteiger partial charge in [0.05, 0.1) is 0 Å². The molecule has 0 aliphatic heterocycles. The molecule has 0 amide bonds. The van der Waals surface area contributed by atoms with Gasteiger partial charge < -0.3 is 19.5 Å². The Labute approximate surface area is 137 Å². The molecule has 0 saturated carbocycles. The zero-order valence-corrected chi connectivity index (χ0v) is 13.3. The Morgan fingerprint density at radius 1 is 1.12 bits per heavy atom. The average molecular weight is 331 g/mol. The van der Waals surface area contributed by atoms with Gasteiger partial charge in [0.2, 0.25) is 0 Å². The monoisotopic (exact) mass is 331 g/mol. The normalized spacial score (nSPS) is 10.4. The number of carbonyl (C=O) groups is 2. The zero-order chi connectivity index (χ0) is 17.9. The van der Waals surface area contributed by atoms with Gasteiger partial charge in [-0.25, -0.2) is 14.4 Å². The Morgan fingerprint density at radius 2 is 1.75 bits per heavy atom. The maximum absolute atomic E-state index is 12.3. The van der Waals surface area contributed by atoms with E-state index in [0.29, 0.717) is 11.0 Å². The molecule has 7 heteroatoms. The van der Waals surface area contributed by atoms with E-state index < -0.39 is 23.1 Å². The maximum Gasteiger partial charge on any atom is 0.360 e. The number of hydrogen-bond donors (Lipinski definition) is 2. The molecule has 0 saturated heterocycles. The molecule has 126 valence electrons. The van der Waals surface area contributed by atoms with Crippen molar-refractivity contribution in [2.75, 3.05) is 11.4 Å². The summed E-state index contributed by atoms with van der Waals surface area (Å²) < 4.78 is 5.26. The first kappa shape index (κ1) is 17.3. The van der Waals surface area contributed by atoms with Crippen LogP contribution in [0.5, 0.6) is 0 Å². The van der Waals surface area contributed by atoms with Crippen molar-refractivity contribution < 1.29 is 24.2 Å². The largest absolute Gasteiger partial charge is 0.477 e. The average Bonchev–Trinajstić information content (AvgIpc) is 2.53. The first-order chi connectivity index (χ1) is 11.4.